The van der Waals surface area contributed by atoms with Gasteiger partial charge in [0.05, 0.1) is 11.3 Å². The Hall–Kier alpha value is -2.20. The lowest BCUT2D eigenvalue weighted by Gasteiger charge is -2.17. The zero-order valence-electron chi connectivity index (χ0n) is 11.5. The first-order chi connectivity index (χ1) is 9.66. The van der Waals surface area contributed by atoms with Crippen molar-refractivity contribution in [3.63, 3.8) is 0 Å². The van der Waals surface area contributed by atoms with Crippen molar-refractivity contribution in [2.75, 3.05) is 13.6 Å². The number of aromatic carboxylic acids is 1. The minimum absolute atomic E-state index is 0.277. The molecule has 1 aromatic heterocycles. The second-order valence-corrected chi connectivity index (χ2v) is 4.78. The van der Waals surface area contributed by atoms with Gasteiger partial charge in [-0.15, -0.1) is 0 Å². The van der Waals surface area contributed by atoms with Crippen molar-refractivity contribution in [3.8, 4) is 0 Å². The first-order valence-corrected chi connectivity index (χ1v) is 6.56. The highest BCUT2D eigenvalue weighted by Crippen LogP contribution is 2.09. The zero-order chi connectivity index (χ0) is 14.4. The molecular weight excluding hydrogens is 252 g/mol. The van der Waals surface area contributed by atoms with Crippen molar-refractivity contribution >= 4 is 5.97 Å². The highest BCUT2D eigenvalue weighted by atomic mass is 16.4. The van der Waals surface area contributed by atoms with E-state index in [4.69, 9.17) is 5.11 Å². The fraction of sp³-hybridized carbons (Fsp3) is 0.250. The number of carboxylic acid groups (broad SMARTS) is 1. The molecule has 0 unspecified atom stereocenters. The molecule has 0 aliphatic carbocycles. The van der Waals surface area contributed by atoms with Gasteiger partial charge < -0.3 is 10.0 Å². The van der Waals surface area contributed by atoms with Gasteiger partial charge in [0.1, 0.15) is 0 Å². The summed E-state index contributed by atoms with van der Waals surface area (Å²) in [7, 11) is 1.98. The number of carbonyl (C=O) groups is 1. The summed E-state index contributed by atoms with van der Waals surface area (Å²) in [5.41, 5.74) is 2.16. The minimum Gasteiger partial charge on any atom is -0.478 e. The van der Waals surface area contributed by atoms with E-state index in [9.17, 15) is 4.79 Å². The topological polar surface area (TPSA) is 53.4 Å². The van der Waals surface area contributed by atoms with Crippen LogP contribution in [0.3, 0.4) is 0 Å². The van der Waals surface area contributed by atoms with E-state index < -0.39 is 5.97 Å². The molecule has 0 fully saturated rings. The van der Waals surface area contributed by atoms with Crippen molar-refractivity contribution < 1.29 is 9.90 Å². The van der Waals surface area contributed by atoms with Gasteiger partial charge in [-0.25, -0.2) is 4.79 Å². The number of pyridine rings is 1. The molecule has 20 heavy (non-hydrogen) atoms. The number of benzene rings is 1. The average molecular weight is 270 g/mol. The van der Waals surface area contributed by atoms with E-state index in [1.807, 2.05) is 25.2 Å². The third-order valence-corrected chi connectivity index (χ3v) is 3.17. The molecule has 0 saturated carbocycles. The van der Waals surface area contributed by atoms with E-state index in [1.54, 1.807) is 18.3 Å². The summed E-state index contributed by atoms with van der Waals surface area (Å²) in [5.74, 6) is -0.926. The number of likely N-dealkylation sites (N-methyl/N-ethyl adjacent to an activating group) is 1. The summed E-state index contributed by atoms with van der Waals surface area (Å²) in [6, 6.07) is 13.5. The second-order valence-electron chi connectivity index (χ2n) is 4.78. The first kappa shape index (κ1) is 14.2. The number of carboxylic acids is 1. The normalized spacial score (nSPS) is 10.7. The van der Waals surface area contributed by atoms with Crippen LogP contribution in [0.15, 0.2) is 48.7 Å². The van der Waals surface area contributed by atoms with Gasteiger partial charge in [-0.05, 0) is 31.2 Å². The summed E-state index contributed by atoms with van der Waals surface area (Å²) >= 11 is 0. The molecule has 1 N–H and O–H groups in total. The molecule has 0 aliphatic heterocycles. The van der Waals surface area contributed by atoms with Gasteiger partial charge in [0.15, 0.2) is 0 Å². The molecule has 104 valence electrons. The predicted octanol–water partition coefficient (Wildman–Crippen LogP) is 2.45. The van der Waals surface area contributed by atoms with Gasteiger partial charge in [0.2, 0.25) is 0 Å². The molecule has 2 rings (SSSR count). The van der Waals surface area contributed by atoms with E-state index in [0.29, 0.717) is 12.2 Å². The highest BCUT2D eigenvalue weighted by Gasteiger charge is 2.12. The Morgan fingerprint density at radius 2 is 1.95 bits per heavy atom. The van der Waals surface area contributed by atoms with Crippen LogP contribution in [0.1, 0.15) is 21.6 Å². The van der Waals surface area contributed by atoms with Crippen molar-refractivity contribution in [2.24, 2.45) is 0 Å². The van der Waals surface area contributed by atoms with E-state index >= 15 is 0 Å². The monoisotopic (exact) mass is 270 g/mol. The van der Waals surface area contributed by atoms with Crippen molar-refractivity contribution in [2.45, 2.75) is 13.0 Å². The third-order valence-electron chi connectivity index (χ3n) is 3.17. The van der Waals surface area contributed by atoms with Gasteiger partial charge in [0, 0.05) is 19.3 Å². The van der Waals surface area contributed by atoms with Gasteiger partial charge in [-0.3, -0.25) is 4.98 Å². The van der Waals surface area contributed by atoms with E-state index in [1.165, 1.54) is 5.56 Å². The molecule has 0 spiro atoms. The molecule has 0 bridgehead atoms. The second kappa shape index (κ2) is 6.82. The standard InChI is InChI=1S/C16H18N2O2/c1-18(11-9-13-6-3-2-4-7-13)12-15-14(16(19)20)8-5-10-17-15/h2-8,10H,9,11-12H2,1H3,(H,19,20). The molecule has 0 atom stereocenters. The van der Waals surface area contributed by atoms with Gasteiger partial charge >= 0.3 is 5.97 Å². The molecule has 0 saturated heterocycles. The SMILES string of the molecule is CN(CCc1ccccc1)Cc1ncccc1C(=O)O. The molecule has 4 heteroatoms. The maximum atomic E-state index is 11.1. The van der Waals surface area contributed by atoms with E-state index in [0.717, 1.165) is 13.0 Å². The Morgan fingerprint density at radius 3 is 2.65 bits per heavy atom. The van der Waals surface area contributed by atoms with Crippen LogP contribution < -0.4 is 0 Å². The molecule has 2 aromatic rings. The fourth-order valence-electron chi connectivity index (χ4n) is 2.06. The average Bonchev–Trinajstić information content (AvgIpc) is 2.46. The Labute approximate surface area is 118 Å². The van der Waals surface area contributed by atoms with Crippen LogP contribution in [-0.4, -0.2) is 34.6 Å². The van der Waals surface area contributed by atoms with Crippen LogP contribution in [0.5, 0.6) is 0 Å². The van der Waals surface area contributed by atoms with Crippen LogP contribution in [0.4, 0.5) is 0 Å². The molecule has 1 heterocycles. The molecule has 0 aliphatic rings. The minimum atomic E-state index is -0.926. The maximum Gasteiger partial charge on any atom is 0.337 e. The van der Waals surface area contributed by atoms with Crippen LogP contribution in [0, 0.1) is 0 Å². The summed E-state index contributed by atoms with van der Waals surface area (Å²) < 4.78 is 0. The van der Waals surface area contributed by atoms with Crippen molar-refractivity contribution in [1.82, 2.24) is 9.88 Å². The van der Waals surface area contributed by atoms with Crippen LogP contribution in [-0.2, 0) is 13.0 Å². The number of hydrogen-bond donors (Lipinski definition) is 1. The summed E-state index contributed by atoms with van der Waals surface area (Å²) in [4.78, 5) is 17.4. The predicted molar refractivity (Wildman–Crippen MR) is 77.7 cm³/mol. The fourth-order valence-corrected chi connectivity index (χ4v) is 2.06. The van der Waals surface area contributed by atoms with Crippen molar-refractivity contribution in [3.05, 3.63) is 65.5 Å². The summed E-state index contributed by atoms with van der Waals surface area (Å²) in [6.45, 7) is 1.40. The first-order valence-electron chi connectivity index (χ1n) is 6.56. The number of nitrogens with zero attached hydrogens (tertiary/aromatic N) is 2. The third kappa shape index (κ3) is 3.90. The molecule has 1 aromatic carbocycles. The molecular formula is C16H18N2O2. The van der Waals surface area contributed by atoms with Crippen LogP contribution >= 0.6 is 0 Å². The van der Waals surface area contributed by atoms with Crippen LogP contribution in [0.2, 0.25) is 0 Å². The molecule has 0 radical (unpaired) electrons. The molecule has 4 nitrogen and oxygen atoms in total. The summed E-state index contributed by atoms with van der Waals surface area (Å²) in [6.07, 6.45) is 2.57. The quantitative estimate of drug-likeness (QED) is 0.876. The van der Waals surface area contributed by atoms with Gasteiger partial charge in [-0.2, -0.15) is 0 Å². The number of rotatable bonds is 6. The Bertz CT molecular complexity index is 570. The van der Waals surface area contributed by atoms with E-state index in [2.05, 4.69) is 22.0 Å². The zero-order valence-corrected chi connectivity index (χ0v) is 11.5. The van der Waals surface area contributed by atoms with E-state index in [-0.39, 0.29) is 5.56 Å². The lowest BCUT2D eigenvalue weighted by molar-refractivity contribution is 0.0694. The highest BCUT2D eigenvalue weighted by molar-refractivity contribution is 5.88. The lowest BCUT2D eigenvalue weighted by atomic mass is 10.1. The Balaban J connectivity index is 1.95. The van der Waals surface area contributed by atoms with Crippen molar-refractivity contribution in [1.29, 1.82) is 0 Å². The largest absolute Gasteiger partial charge is 0.478 e. The van der Waals surface area contributed by atoms with Gasteiger partial charge in [-0.1, -0.05) is 30.3 Å². The molecule has 0 amide bonds. The van der Waals surface area contributed by atoms with Gasteiger partial charge in [0.25, 0.3) is 0 Å². The summed E-state index contributed by atoms with van der Waals surface area (Å²) in [5, 5.41) is 9.13. The Morgan fingerprint density at radius 1 is 1.20 bits per heavy atom. The number of hydrogen-bond acceptors (Lipinski definition) is 3. The Kier molecular flexibility index (Phi) is 4.85. The number of aromatic nitrogens is 1. The lowest BCUT2D eigenvalue weighted by Crippen LogP contribution is -2.22. The maximum absolute atomic E-state index is 11.1. The smallest absolute Gasteiger partial charge is 0.337 e. The van der Waals surface area contributed by atoms with Crippen LogP contribution in [0.25, 0.3) is 0 Å².